The standard InChI is InChI=1S/C14H16N4O2/c15-11-4-1-10(7-11)14(19)17-12-5-2-9(3-6-12)13-16-8-20-18-13/h2-3,5-6,8,10-11H,1,4,7,15H2,(H,17,19). The Morgan fingerprint density at radius 3 is 2.70 bits per heavy atom. The van der Waals surface area contributed by atoms with Gasteiger partial charge in [0.15, 0.2) is 0 Å². The summed E-state index contributed by atoms with van der Waals surface area (Å²) in [6.45, 7) is 0. The number of anilines is 1. The maximum absolute atomic E-state index is 12.1. The SMILES string of the molecule is NC1CCC(C(=O)Nc2ccc(-c3ncon3)cc2)C1. The summed E-state index contributed by atoms with van der Waals surface area (Å²) in [6.07, 6.45) is 3.85. The minimum atomic E-state index is 0.0295. The number of aromatic nitrogens is 2. The molecule has 0 saturated heterocycles. The van der Waals surface area contributed by atoms with Gasteiger partial charge in [-0.1, -0.05) is 5.16 Å². The van der Waals surface area contributed by atoms with E-state index in [9.17, 15) is 4.79 Å². The molecule has 1 fully saturated rings. The summed E-state index contributed by atoms with van der Waals surface area (Å²) < 4.78 is 4.70. The van der Waals surface area contributed by atoms with Gasteiger partial charge in [-0.3, -0.25) is 4.79 Å². The Morgan fingerprint density at radius 1 is 1.30 bits per heavy atom. The molecular weight excluding hydrogens is 256 g/mol. The summed E-state index contributed by atoms with van der Waals surface area (Å²) in [5.74, 6) is 0.608. The fourth-order valence-electron chi connectivity index (χ4n) is 2.50. The summed E-state index contributed by atoms with van der Waals surface area (Å²) >= 11 is 0. The van der Waals surface area contributed by atoms with E-state index >= 15 is 0 Å². The van der Waals surface area contributed by atoms with Crippen LogP contribution in [0.25, 0.3) is 11.4 Å². The summed E-state index contributed by atoms with van der Waals surface area (Å²) in [5.41, 5.74) is 7.44. The molecule has 0 radical (unpaired) electrons. The molecule has 0 bridgehead atoms. The highest BCUT2D eigenvalue weighted by Crippen LogP contribution is 2.26. The average Bonchev–Trinajstić information content (AvgIpc) is 3.10. The lowest BCUT2D eigenvalue weighted by atomic mass is 10.1. The fourth-order valence-corrected chi connectivity index (χ4v) is 2.50. The van der Waals surface area contributed by atoms with Gasteiger partial charge in [-0.05, 0) is 43.5 Å². The quantitative estimate of drug-likeness (QED) is 0.888. The van der Waals surface area contributed by atoms with Crippen LogP contribution in [0.3, 0.4) is 0 Å². The van der Waals surface area contributed by atoms with Crippen LogP contribution < -0.4 is 11.1 Å². The average molecular weight is 272 g/mol. The first-order chi connectivity index (χ1) is 9.72. The highest BCUT2D eigenvalue weighted by atomic mass is 16.5. The number of rotatable bonds is 3. The molecule has 0 aliphatic heterocycles. The maximum atomic E-state index is 12.1. The van der Waals surface area contributed by atoms with Crippen molar-refractivity contribution in [1.29, 1.82) is 0 Å². The number of amides is 1. The van der Waals surface area contributed by atoms with Crippen LogP contribution in [0, 0.1) is 5.92 Å². The number of nitrogens with two attached hydrogens (primary N) is 1. The van der Waals surface area contributed by atoms with Gasteiger partial charge in [0.1, 0.15) is 0 Å². The number of carbonyl (C=O) groups is 1. The second kappa shape index (κ2) is 5.42. The monoisotopic (exact) mass is 272 g/mol. The van der Waals surface area contributed by atoms with Crippen molar-refractivity contribution in [2.45, 2.75) is 25.3 Å². The minimum Gasteiger partial charge on any atom is -0.342 e. The molecule has 1 aromatic heterocycles. The van der Waals surface area contributed by atoms with Gasteiger partial charge in [0.25, 0.3) is 0 Å². The zero-order chi connectivity index (χ0) is 13.9. The normalized spacial score (nSPS) is 21.9. The van der Waals surface area contributed by atoms with Crippen LogP contribution >= 0.6 is 0 Å². The third kappa shape index (κ3) is 2.70. The fraction of sp³-hybridized carbons (Fsp3) is 0.357. The predicted octanol–water partition coefficient (Wildman–Crippen LogP) is 1.80. The smallest absolute Gasteiger partial charge is 0.227 e. The zero-order valence-electron chi connectivity index (χ0n) is 11.0. The van der Waals surface area contributed by atoms with Crippen molar-refractivity contribution in [3.63, 3.8) is 0 Å². The van der Waals surface area contributed by atoms with Gasteiger partial charge in [0.05, 0.1) is 0 Å². The topological polar surface area (TPSA) is 94.0 Å². The maximum Gasteiger partial charge on any atom is 0.227 e. The lowest BCUT2D eigenvalue weighted by Crippen LogP contribution is -2.23. The third-order valence-electron chi connectivity index (χ3n) is 3.62. The Labute approximate surface area is 116 Å². The van der Waals surface area contributed by atoms with Gasteiger partial charge in [-0.25, -0.2) is 0 Å². The van der Waals surface area contributed by atoms with Crippen molar-refractivity contribution < 1.29 is 9.32 Å². The lowest BCUT2D eigenvalue weighted by molar-refractivity contribution is -0.119. The molecule has 1 aromatic carbocycles. The molecule has 1 saturated carbocycles. The van der Waals surface area contributed by atoms with Crippen molar-refractivity contribution in [2.24, 2.45) is 11.7 Å². The van der Waals surface area contributed by atoms with E-state index in [0.29, 0.717) is 5.82 Å². The Balaban J connectivity index is 1.65. The number of benzene rings is 1. The van der Waals surface area contributed by atoms with Crippen LogP contribution in [-0.2, 0) is 4.79 Å². The van der Waals surface area contributed by atoms with E-state index in [1.165, 1.54) is 6.39 Å². The zero-order valence-corrected chi connectivity index (χ0v) is 11.0. The first-order valence-corrected chi connectivity index (χ1v) is 6.65. The van der Waals surface area contributed by atoms with E-state index in [4.69, 9.17) is 10.3 Å². The molecular formula is C14H16N4O2. The molecule has 3 N–H and O–H groups in total. The number of hydrogen-bond acceptors (Lipinski definition) is 5. The number of nitrogens with one attached hydrogen (secondary N) is 1. The van der Waals surface area contributed by atoms with Gasteiger partial charge < -0.3 is 15.6 Å². The second-order valence-corrected chi connectivity index (χ2v) is 5.09. The van der Waals surface area contributed by atoms with Gasteiger partial charge >= 0.3 is 0 Å². The largest absolute Gasteiger partial charge is 0.342 e. The van der Waals surface area contributed by atoms with Crippen molar-refractivity contribution >= 4 is 11.6 Å². The van der Waals surface area contributed by atoms with E-state index in [2.05, 4.69) is 15.5 Å². The van der Waals surface area contributed by atoms with E-state index in [-0.39, 0.29) is 17.9 Å². The molecule has 1 aliphatic carbocycles. The van der Waals surface area contributed by atoms with Crippen molar-refractivity contribution in [1.82, 2.24) is 10.1 Å². The van der Waals surface area contributed by atoms with Crippen molar-refractivity contribution in [3.8, 4) is 11.4 Å². The van der Waals surface area contributed by atoms with Crippen LogP contribution in [0.2, 0.25) is 0 Å². The molecule has 6 nitrogen and oxygen atoms in total. The summed E-state index contributed by atoms with van der Waals surface area (Å²) in [5, 5.41) is 6.68. The first kappa shape index (κ1) is 12.8. The van der Waals surface area contributed by atoms with Gasteiger partial charge in [-0.15, -0.1) is 0 Å². The summed E-state index contributed by atoms with van der Waals surface area (Å²) in [7, 11) is 0. The van der Waals surface area contributed by atoms with Gasteiger partial charge in [-0.2, -0.15) is 4.98 Å². The Hall–Kier alpha value is -2.21. The Bertz CT molecular complexity index is 580. The summed E-state index contributed by atoms with van der Waals surface area (Å²) in [6, 6.07) is 7.52. The third-order valence-corrected chi connectivity index (χ3v) is 3.62. The number of carbonyl (C=O) groups excluding carboxylic acids is 1. The minimum absolute atomic E-state index is 0.0295. The van der Waals surface area contributed by atoms with Crippen LogP contribution in [0.4, 0.5) is 5.69 Å². The molecule has 2 aromatic rings. The van der Waals surface area contributed by atoms with Crippen LogP contribution in [0.5, 0.6) is 0 Å². The van der Waals surface area contributed by atoms with Crippen molar-refractivity contribution in [3.05, 3.63) is 30.7 Å². The molecule has 1 amide bonds. The molecule has 1 aliphatic rings. The summed E-state index contributed by atoms with van der Waals surface area (Å²) in [4.78, 5) is 16.0. The molecule has 2 atom stereocenters. The number of hydrogen-bond donors (Lipinski definition) is 2. The van der Waals surface area contributed by atoms with Crippen LogP contribution in [-0.4, -0.2) is 22.1 Å². The molecule has 3 rings (SSSR count). The Morgan fingerprint density at radius 2 is 2.10 bits per heavy atom. The lowest BCUT2D eigenvalue weighted by Gasteiger charge is -2.10. The molecule has 0 spiro atoms. The van der Waals surface area contributed by atoms with Crippen molar-refractivity contribution in [2.75, 3.05) is 5.32 Å². The Kier molecular flexibility index (Phi) is 3.47. The van der Waals surface area contributed by atoms with Gasteiger partial charge in [0, 0.05) is 23.2 Å². The molecule has 6 heteroatoms. The predicted molar refractivity (Wildman–Crippen MR) is 73.7 cm³/mol. The highest BCUT2D eigenvalue weighted by molar-refractivity contribution is 5.92. The van der Waals surface area contributed by atoms with Gasteiger partial charge in [0.2, 0.25) is 18.1 Å². The van der Waals surface area contributed by atoms with Crippen LogP contribution in [0.1, 0.15) is 19.3 Å². The van der Waals surface area contributed by atoms with Crippen LogP contribution in [0.15, 0.2) is 35.2 Å². The van der Waals surface area contributed by atoms with E-state index < -0.39 is 0 Å². The number of nitrogens with zero attached hydrogens (tertiary/aromatic N) is 2. The molecule has 20 heavy (non-hydrogen) atoms. The van der Waals surface area contributed by atoms with E-state index in [0.717, 1.165) is 30.5 Å². The molecule has 1 heterocycles. The first-order valence-electron chi connectivity index (χ1n) is 6.65. The van der Waals surface area contributed by atoms with E-state index in [1.54, 1.807) is 0 Å². The second-order valence-electron chi connectivity index (χ2n) is 5.09. The molecule has 2 unspecified atom stereocenters. The molecule has 104 valence electrons. The highest BCUT2D eigenvalue weighted by Gasteiger charge is 2.27. The van der Waals surface area contributed by atoms with E-state index in [1.807, 2.05) is 24.3 Å².